The Morgan fingerprint density at radius 1 is 0.488 bits per heavy atom. The van der Waals surface area contributed by atoms with Crippen molar-refractivity contribution in [1.29, 1.82) is 0 Å². The molecule has 3 atom stereocenters. The van der Waals surface area contributed by atoms with Gasteiger partial charge in [-0.15, -0.1) is 0 Å². The molecule has 6 aromatic rings. The quantitative estimate of drug-likeness (QED) is 0.0258. The first kappa shape index (κ1) is 83.9. The van der Waals surface area contributed by atoms with Gasteiger partial charge in [-0.05, 0) is 157 Å². The molecule has 1 amide bonds. The van der Waals surface area contributed by atoms with Gasteiger partial charge in [-0.3, -0.25) is 13.9 Å². The number of aryl methyl sites for hydroxylation is 3. The molecule has 0 radical (unpaired) electrons. The topological polar surface area (TPSA) is 342 Å². The molecule has 0 aliphatic heterocycles. The van der Waals surface area contributed by atoms with E-state index >= 15 is 0 Å². The largest absolute Gasteiger partial charge is 1.00 e. The zero-order chi connectivity index (χ0) is 61.3. The Labute approximate surface area is 630 Å². The van der Waals surface area contributed by atoms with Gasteiger partial charge in [0.2, 0.25) is 11.7 Å². The maximum absolute atomic E-state index is 12.0. The van der Waals surface area contributed by atoms with E-state index in [9.17, 15) is 38.1 Å². The Bertz CT molecular complexity index is 3480. The molecule has 6 aromatic carbocycles. The number of amides is 1. The summed E-state index contributed by atoms with van der Waals surface area (Å²) in [7, 11) is -7.06. The number of nitrogens with one attached hydrogen (secondary N) is 1. The van der Waals surface area contributed by atoms with Gasteiger partial charge in [-0.1, -0.05) is 66.8 Å². The molecular formula is C57H65K2N2Na2O20P3. The van der Waals surface area contributed by atoms with Gasteiger partial charge in [-0.25, -0.2) is 0 Å². The predicted molar refractivity (Wildman–Crippen MR) is 306 cm³/mol. The number of carbonyl (C=O) groups is 1. The van der Waals surface area contributed by atoms with Crippen LogP contribution in [0.5, 0.6) is 51.7 Å². The van der Waals surface area contributed by atoms with Crippen molar-refractivity contribution >= 4 is 71.5 Å². The van der Waals surface area contributed by atoms with Crippen LogP contribution in [0.3, 0.4) is 0 Å². The number of methoxy groups -OCH3 is 6. The Morgan fingerprint density at radius 3 is 1.22 bits per heavy atom. The van der Waals surface area contributed by atoms with E-state index in [1.165, 1.54) is 51.7 Å². The van der Waals surface area contributed by atoms with Crippen molar-refractivity contribution in [3.63, 3.8) is 0 Å². The van der Waals surface area contributed by atoms with Crippen LogP contribution in [0.4, 0.5) is 5.69 Å². The van der Waals surface area contributed by atoms with Crippen LogP contribution in [0.2, 0.25) is 0 Å². The van der Waals surface area contributed by atoms with Gasteiger partial charge in [0.25, 0.3) is 0 Å². The second-order valence-electron chi connectivity index (χ2n) is 17.8. The number of rotatable bonds is 21. The molecule has 0 aromatic heterocycles. The van der Waals surface area contributed by atoms with E-state index in [0.29, 0.717) is 28.3 Å². The van der Waals surface area contributed by atoms with Crippen LogP contribution in [0, 0.1) is 41.5 Å². The Morgan fingerprint density at radius 2 is 0.837 bits per heavy atom. The molecule has 0 bridgehead atoms. The molecule has 0 spiro atoms. The summed E-state index contributed by atoms with van der Waals surface area (Å²) in [6.07, 6.45) is 10.5. The second kappa shape index (κ2) is 39.3. The first-order valence-corrected chi connectivity index (χ1v) is 28.8. The van der Waals surface area contributed by atoms with Crippen molar-refractivity contribution in [1.82, 2.24) is 0 Å². The number of phosphoric acid groups is 3. The number of phosphoric ester groups is 3. The van der Waals surface area contributed by atoms with E-state index in [2.05, 4.69) is 25.0 Å². The van der Waals surface area contributed by atoms with Crippen LogP contribution < -0.4 is 235 Å². The third-order valence-electron chi connectivity index (χ3n) is 12.1. The Kier molecular flexibility index (Phi) is 38.3. The molecular weight excluding hydrogens is 1250 g/mol. The number of hydrogen-bond donors (Lipinski definition) is 5. The van der Waals surface area contributed by atoms with Crippen LogP contribution in [0.25, 0.3) is 36.5 Å². The third kappa shape index (κ3) is 27.0. The molecule has 442 valence electrons. The number of ether oxygens (including phenoxy) is 6. The minimum Gasteiger partial charge on any atom is -0.780 e. The predicted octanol–water partition coefficient (Wildman–Crippen LogP) is -4.37. The van der Waals surface area contributed by atoms with E-state index in [-0.39, 0.29) is 185 Å². The molecule has 0 aliphatic carbocycles. The summed E-state index contributed by atoms with van der Waals surface area (Å²) in [5.74, 6) is 0.635. The maximum Gasteiger partial charge on any atom is 1.00 e. The number of benzene rings is 6. The number of aliphatic hydroxyl groups is 1. The van der Waals surface area contributed by atoms with Gasteiger partial charge in [0.15, 0.2) is 23.0 Å². The molecule has 0 aliphatic rings. The smallest absolute Gasteiger partial charge is 0.780 e. The monoisotopic (exact) mass is 1310 g/mol. The standard InChI is InChI=1S/C21H26N2O4.C18H22O10P2.C18H21O6P.2K.2Na/c1-13-9-16(11-20(27-4)14(13)2)6-5-15-7-8-19(26-3)18(10-15)23-21(25)17(22)12-24;1-11-9-13(10-16(26-4)12(11)2)5-6-14-7-8-15(25-3)18(28-30(22,23)24)17(14)27-29(19,20)21;1-12-9-15(11-17(23-4)13(12)2)6-5-14-7-8-16(22-3)18(10-14)24-25(19,20)21;;;;/h5-11,17,24H,12,22H2,1-4H3,(H,23,25);5-10H,1-4H3,(H2,19,20,21)(H2,22,23,24);5-11H,1-4H3,(H2,19,20,21);;;;/q;;;4*+1/p-4/b3*6-5-;;;;/t17-;;;;;;/m0....../s1. The molecule has 86 heavy (non-hydrogen) atoms. The van der Waals surface area contributed by atoms with Gasteiger partial charge in [-0.2, -0.15) is 0 Å². The molecule has 6 N–H and O–H groups in total. The summed E-state index contributed by atoms with van der Waals surface area (Å²) >= 11 is 0. The van der Waals surface area contributed by atoms with Gasteiger partial charge in [0.05, 0.1) is 55.0 Å². The molecule has 29 heteroatoms. The zero-order valence-corrected chi connectivity index (χ0v) is 64.0. The zero-order valence-electron chi connectivity index (χ0n) is 51.0. The van der Waals surface area contributed by atoms with Crippen LogP contribution in [-0.4, -0.2) is 76.1 Å². The third-order valence-corrected chi connectivity index (χ3v) is 13.4. The van der Waals surface area contributed by atoms with E-state index in [4.69, 9.17) is 49.0 Å². The van der Waals surface area contributed by atoms with E-state index < -0.39 is 53.5 Å². The minimum atomic E-state index is -5.37. The maximum atomic E-state index is 12.0. The van der Waals surface area contributed by atoms with Gasteiger partial charge in [0.1, 0.15) is 36.9 Å². The number of aliphatic hydroxyl groups excluding tert-OH is 1. The fraction of sp³-hybridized carbons (Fsp3) is 0.246. The average Bonchev–Trinajstić information content (AvgIpc) is 3.63. The molecule has 2 unspecified atom stereocenters. The Balaban J connectivity index is 0.00000124. The summed E-state index contributed by atoms with van der Waals surface area (Å²) < 4.78 is 78.1. The summed E-state index contributed by atoms with van der Waals surface area (Å²) in [6.45, 7) is 11.4. The second-order valence-corrected chi connectivity index (χ2v) is 21.1. The van der Waals surface area contributed by atoms with Crippen molar-refractivity contribution in [2.45, 2.75) is 47.6 Å². The van der Waals surface area contributed by atoms with E-state index in [1.807, 2.05) is 90.1 Å². The van der Waals surface area contributed by atoms with E-state index in [0.717, 1.165) is 68.7 Å². The van der Waals surface area contributed by atoms with Crippen molar-refractivity contribution in [3.05, 3.63) is 152 Å². The van der Waals surface area contributed by atoms with Gasteiger partial charge >= 0.3 is 178 Å². The summed E-state index contributed by atoms with van der Waals surface area (Å²) in [6, 6.07) is 23.3. The first-order valence-electron chi connectivity index (χ1n) is 24.4. The summed E-state index contributed by atoms with van der Waals surface area (Å²) in [4.78, 5) is 74.4. The van der Waals surface area contributed by atoms with Crippen LogP contribution in [0.15, 0.2) is 84.9 Å². The SMILES string of the molecule is COc1cc(/C=C\c2ccc(OC)c(OP(=O)([O-])O)c2OP(=O)([O-])O)cc(C)c1C.COc1ccc(/C=C\c2cc(C)c(C)c(OC)c2)cc1NC(=O)[C@@H](N)CO.COc1ccc(/C=C\c2cc(C)c(C)c(OC)c2)cc1OP(=O)([O-])[O-].[K+].[K+].[Na+].[Na+]. The number of hydrogen-bond acceptors (Lipinski definition) is 19. The van der Waals surface area contributed by atoms with E-state index in [1.54, 1.807) is 50.6 Å². The van der Waals surface area contributed by atoms with Crippen molar-refractivity contribution in [2.24, 2.45) is 5.73 Å². The van der Waals surface area contributed by atoms with Crippen LogP contribution in [-0.2, 0) is 18.5 Å². The number of nitrogens with two attached hydrogens (primary N) is 1. The molecule has 22 nitrogen and oxygen atoms in total. The fourth-order valence-corrected chi connectivity index (χ4v) is 8.75. The van der Waals surface area contributed by atoms with Crippen LogP contribution in [0.1, 0.15) is 66.8 Å². The molecule has 0 fully saturated rings. The van der Waals surface area contributed by atoms with Crippen molar-refractivity contribution in [2.75, 3.05) is 54.6 Å². The van der Waals surface area contributed by atoms with Crippen LogP contribution >= 0.6 is 23.5 Å². The minimum absolute atomic E-state index is 0. The van der Waals surface area contributed by atoms with Gasteiger partial charge in [0, 0.05) is 5.56 Å². The normalized spacial score (nSPS) is 12.5. The number of carbonyl (C=O) groups excluding carboxylic acids is 1. The van der Waals surface area contributed by atoms with Gasteiger partial charge < -0.3 is 92.1 Å². The van der Waals surface area contributed by atoms with Crippen molar-refractivity contribution in [3.8, 4) is 51.7 Å². The van der Waals surface area contributed by atoms with Crippen molar-refractivity contribution < 1.29 is 257 Å². The molecule has 0 saturated heterocycles. The summed E-state index contributed by atoms with van der Waals surface area (Å²) in [5, 5.41) is 11.7. The average molecular weight is 1320 g/mol. The molecule has 6 rings (SSSR count). The molecule has 0 saturated carbocycles. The number of anilines is 1. The fourth-order valence-electron chi connectivity index (χ4n) is 7.54. The molecule has 0 heterocycles. The first-order chi connectivity index (χ1) is 38.5. The Hall–Kier alpha value is -2.15. The summed E-state index contributed by atoms with van der Waals surface area (Å²) in [5.41, 5.74) is 16.5.